The van der Waals surface area contributed by atoms with E-state index in [1.54, 1.807) is 0 Å². The Bertz CT molecular complexity index is 466. The van der Waals surface area contributed by atoms with E-state index in [1.165, 1.54) is 18.2 Å². The number of carbonyl (C=O) groups is 2. The lowest BCUT2D eigenvalue weighted by Gasteiger charge is -2.09. The molecule has 0 fully saturated rings. The molecule has 1 unspecified atom stereocenters. The SMILES string of the molecule is O=C(NCC(O)C(=O)O)c1cccc(OC(F)F)c1. The molecule has 0 radical (unpaired) electrons. The summed E-state index contributed by atoms with van der Waals surface area (Å²) in [4.78, 5) is 21.9. The Kier molecular flexibility index (Phi) is 5.19. The largest absolute Gasteiger partial charge is 0.479 e. The lowest BCUT2D eigenvalue weighted by atomic mass is 10.2. The van der Waals surface area contributed by atoms with Crippen molar-refractivity contribution in [2.45, 2.75) is 12.7 Å². The quantitative estimate of drug-likeness (QED) is 0.701. The van der Waals surface area contributed by atoms with Gasteiger partial charge in [0.1, 0.15) is 5.75 Å². The second kappa shape index (κ2) is 6.64. The number of benzene rings is 1. The highest BCUT2D eigenvalue weighted by Gasteiger charge is 2.15. The Hall–Kier alpha value is -2.22. The third-order valence-electron chi connectivity index (χ3n) is 2.06. The first-order chi connectivity index (χ1) is 8.90. The van der Waals surface area contributed by atoms with Crippen LogP contribution in [0.2, 0.25) is 0 Å². The fourth-order valence-corrected chi connectivity index (χ4v) is 1.19. The lowest BCUT2D eigenvalue weighted by molar-refractivity contribution is -0.146. The first kappa shape index (κ1) is 14.8. The predicted octanol–water partition coefficient (Wildman–Crippen LogP) is 0.463. The third kappa shape index (κ3) is 4.88. The molecule has 0 aromatic heterocycles. The molecule has 0 aliphatic rings. The van der Waals surface area contributed by atoms with Gasteiger partial charge in [-0.05, 0) is 18.2 Å². The highest BCUT2D eigenvalue weighted by atomic mass is 19.3. The van der Waals surface area contributed by atoms with Gasteiger partial charge in [0.15, 0.2) is 6.10 Å². The average molecular weight is 275 g/mol. The maximum absolute atomic E-state index is 12.0. The number of ether oxygens (including phenoxy) is 1. The van der Waals surface area contributed by atoms with Gasteiger partial charge in [-0.1, -0.05) is 6.07 Å². The normalized spacial score (nSPS) is 12.0. The number of hydrogen-bond acceptors (Lipinski definition) is 4. The smallest absolute Gasteiger partial charge is 0.387 e. The van der Waals surface area contributed by atoms with Crippen molar-refractivity contribution < 1.29 is 33.3 Å². The summed E-state index contributed by atoms with van der Waals surface area (Å²) in [6.07, 6.45) is -1.73. The molecule has 0 heterocycles. The first-order valence-electron chi connectivity index (χ1n) is 5.14. The predicted molar refractivity (Wildman–Crippen MR) is 59.0 cm³/mol. The molecule has 1 rings (SSSR count). The van der Waals surface area contributed by atoms with E-state index in [0.29, 0.717) is 0 Å². The van der Waals surface area contributed by atoms with Gasteiger partial charge in [0, 0.05) is 5.56 Å². The van der Waals surface area contributed by atoms with E-state index in [9.17, 15) is 18.4 Å². The molecule has 1 aromatic carbocycles. The Morgan fingerprint density at radius 3 is 2.63 bits per heavy atom. The number of nitrogens with one attached hydrogen (secondary N) is 1. The number of aliphatic hydroxyl groups is 1. The van der Waals surface area contributed by atoms with Crippen LogP contribution in [-0.4, -0.2) is 41.3 Å². The summed E-state index contributed by atoms with van der Waals surface area (Å²) in [5, 5.41) is 19.5. The third-order valence-corrected chi connectivity index (χ3v) is 2.06. The summed E-state index contributed by atoms with van der Waals surface area (Å²) >= 11 is 0. The minimum absolute atomic E-state index is 0.00994. The molecule has 104 valence electrons. The molecule has 19 heavy (non-hydrogen) atoms. The molecule has 0 aliphatic carbocycles. The van der Waals surface area contributed by atoms with Gasteiger partial charge in [-0.3, -0.25) is 4.79 Å². The molecular weight excluding hydrogens is 264 g/mol. The molecule has 0 spiro atoms. The van der Waals surface area contributed by atoms with Crippen LogP contribution in [0, 0.1) is 0 Å². The topological polar surface area (TPSA) is 95.9 Å². The van der Waals surface area contributed by atoms with Crippen LogP contribution in [0.4, 0.5) is 8.78 Å². The minimum Gasteiger partial charge on any atom is -0.479 e. The fraction of sp³-hybridized carbons (Fsp3) is 0.273. The van der Waals surface area contributed by atoms with Crippen molar-refractivity contribution in [3.63, 3.8) is 0 Å². The van der Waals surface area contributed by atoms with Crippen LogP contribution < -0.4 is 10.1 Å². The minimum atomic E-state index is -3.01. The molecule has 1 amide bonds. The zero-order valence-corrected chi connectivity index (χ0v) is 9.55. The van der Waals surface area contributed by atoms with Gasteiger partial charge in [-0.25, -0.2) is 4.79 Å². The zero-order chi connectivity index (χ0) is 14.4. The number of hydrogen-bond donors (Lipinski definition) is 3. The van der Waals surface area contributed by atoms with Gasteiger partial charge < -0.3 is 20.3 Å². The van der Waals surface area contributed by atoms with Crippen molar-refractivity contribution in [1.29, 1.82) is 0 Å². The van der Waals surface area contributed by atoms with Crippen LogP contribution in [0.5, 0.6) is 5.75 Å². The number of carbonyl (C=O) groups excluding carboxylic acids is 1. The molecule has 6 nitrogen and oxygen atoms in total. The van der Waals surface area contributed by atoms with Gasteiger partial charge in [-0.2, -0.15) is 8.78 Å². The fourth-order valence-electron chi connectivity index (χ4n) is 1.19. The first-order valence-corrected chi connectivity index (χ1v) is 5.14. The second-order valence-electron chi connectivity index (χ2n) is 3.47. The molecule has 0 saturated carbocycles. The number of halogens is 2. The number of alkyl halides is 2. The molecule has 3 N–H and O–H groups in total. The van der Waals surface area contributed by atoms with Crippen LogP contribution in [0.15, 0.2) is 24.3 Å². The summed E-state index contributed by atoms with van der Waals surface area (Å²) in [6.45, 7) is -3.50. The van der Waals surface area contributed by atoms with Gasteiger partial charge in [0.25, 0.3) is 5.91 Å². The number of amides is 1. The van der Waals surface area contributed by atoms with Crippen molar-refractivity contribution >= 4 is 11.9 Å². The van der Waals surface area contributed by atoms with Crippen LogP contribution >= 0.6 is 0 Å². The van der Waals surface area contributed by atoms with Crippen molar-refractivity contribution in [2.24, 2.45) is 0 Å². The molecule has 8 heteroatoms. The monoisotopic (exact) mass is 275 g/mol. The summed E-state index contributed by atoms with van der Waals surface area (Å²) in [6, 6.07) is 4.99. The van der Waals surface area contributed by atoms with E-state index in [2.05, 4.69) is 10.1 Å². The summed E-state index contributed by atoms with van der Waals surface area (Å²) < 4.78 is 28.1. The van der Waals surface area contributed by atoms with Crippen LogP contribution in [0.25, 0.3) is 0 Å². The Morgan fingerprint density at radius 2 is 2.05 bits per heavy atom. The standard InChI is InChI=1S/C11H11F2NO5/c12-11(13)19-7-3-1-2-6(4-7)9(16)14-5-8(15)10(17)18/h1-4,8,11,15H,5H2,(H,14,16)(H,17,18). The highest BCUT2D eigenvalue weighted by molar-refractivity contribution is 5.94. The van der Waals surface area contributed by atoms with Crippen LogP contribution in [0.3, 0.4) is 0 Å². The van der Waals surface area contributed by atoms with E-state index >= 15 is 0 Å². The molecule has 0 saturated heterocycles. The van der Waals surface area contributed by atoms with Gasteiger partial charge in [0.2, 0.25) is 0 Å². The molecule has 0 bridgehead atoms. The second-order valence-corrected chi connectivity index (χ2v) is 3.47. The number of rotatable bonds is 6. The van der Waals surface area contributed by atoms with Crippen molar-refractivity contribution in [3.8, 4) is 5.75 Å². The maximum Gasteiger partial charge on any atom is 0.387 e. The van der Waals surface area contributed by atoms with E-state index in [1.807, 2.05) is 0 Å². The van der Waals surface area contributed by atoms with E-state index in [-0.39, 0.29) is 11.3 Å². The van der Waals surface area contributed by atoms with Crippen molar-refractivity contribution in [2.75, 3.05) is 6.54 Å². The summed E-state index contributed by atoms with van der Waals surface area (Å²) in [7, 11) is 0. The zero-order valence-electron chi connectivity index (χ0n) is 9.55. The van der Waals surface area contributed by atoms with Crippen molar-refractivity contribution in [3.05, 3.63) is 29.8 Å². The Morgan fingerprint density at radius 1 is 1.37 bits per heavy atom. The molecule has 1 aromatic rings. The molecule has 0 aliphatic heterocycles. The van der Waals surface area contributed by atoms with Crippen LogP contribution in [0.1, 0.15) is 10.4 Å². The summed E-state index contributed by atoms with van der Waals surface area (Å²) in [5.74, 6) is -2.38. The van der Waals surface area contributed by atoms with Gasteiger partial charge in [-0.15, -0.1) is 0 Å². The number of carboxylic acid groups (broad SMARTS) is 1. The summed E-state index contributed by atoms with van der Waals surface area (Å²) in [5.41, 5.74) is 0.00994. The van der Waals surface area contributed by atoms with Gasteiger partial charge in [0.05, 0.1) is 6.54 Å². The average Bonchev–Trinajstić information content (AvgIpc) is 2.34. The molecular formula is C11H11F2NO5. The van der Waals surface area contributed by atoms with E-state index < -0.39 is 31.1 Å². The number of aliphatic carboxylic acids is 1. The van der Waals surface area contributed by atoms with E-state index in [0.717, 1.165) is 6.07 Å². The van der Waals surface area contributed by atoms with Crippen LogP contribution in [-0.2, 0) is 4.79 Å². The number of carboxylic acids is 1. The Balaban J connectivity index is 2.64. The van der Waals surface area contributed by atoms with E-state index in [4.69, 9.17) is 10.2 Å². The highest BCUT2D eigenvalue weighted by Crippen LogP contribution is 2.15. The van der Waals surface area contributed by atoms with Crippen molar-refractivity contribution in [1.82, 2.24) is 5.32 Å². The molecule has 1 atom stereocenters. The maximum atomic E-state index is 12.0. The lowest BCUT2D eigenvalue weighted by Crippen LogP contribution is -2.36. The number of aliphatic hydroxyl groups excluding tert-OH is 1. The Labute approximate surface area is 106 Å². The van der Waals surface area contributed by atoms with Gasteiger partial charge >= 0.3 is 12.6 Å².